The van der Waals surface area contributed by atoms with Crippen molar-refractivity contribution in [1.82, 2.24) is 5.32 Å². The average Bonchev–Trinajstić information content (AvgIpc) is 2.86. The van der Waals surface area contributed by atoms with Crippen molar-refractivity contribution in [2.75, 3.05) is 13.2 Å². The number of rotatable bonds is 4. The Morgan fingerprint density at radius 2 is 2.00 bits per heavy atom. The molecule has 0 unspecified atom stereocenters. The summed E-state index contributed by atoms with van der Waals surface area (Å²) in [5, 5.41) is 12.5. The minimum Gasteiger partial charge on any atom is -0.396 e. The van der Waals surface area contributed by atoms with Crippen LogP contribution in [0.4, 0.5) is 0 Å². The highest BCUT2D eigenvalue weighted by Gasteiger charge is 2.33. The van der Waals surface area contributed by atoms with E-state index in [1.807, 2.05) is 31.2 Å². The molecule has 1 aromatic rings. The molecule has 3 nitrogen and oxygen atoms in total. The molecule has 1 aliphatic carbocycles. The van der Waals surface area contributed by atoms with E-state index in [0.29, 0.717) is 6.54 Å². The van der Waals surface area contributed by atoms with Gasteiger partial charge in [-0.15, -0.1) is 0 Å². The summed E-state index contributed by atoms with van der Waals surface area (Å²) in [7, 11) is 0. The third-order valence-electron chi connectivity index (χ3n) is 4.01. The second-order valence-corrected chi connectivity index (χ2v) is 5.36. The summed E-state index contributed by atoms with van der Waals surface area (Å²) in [5.74, 6) is -0.0344. The average molecular weight is 247 g/mol. The quantitative estimate of drug-likeness (QED) is 0.857. The lowest BCUT2D eigenvalue weighted by Gasteiger charge is -2.26. The van der Waals surface area contributed by atoms with E-state index in [1.165, 1.54) is 0 Å². The lowest BCUT2D eigenvalue weighted by Crippen LogP contribution is -2.38. The van der Waals surface area contributed by atoms with Crippen LogP contribution in [-0.4, -0.2) is 24.2 Å². The Morgan fingerprint density at radius 1 is 1.33 bits per heavy atom. The van der Waals surface area contributed by atoms with E-state index in [4.69, 9.17) is 0 Å². The Kier molecular flexibility index (Phi) is 4.02. The zero-order chi connectivity index (χ0) is 13.0. The van der Waals surface area contributed by atoms with Gasteiger partial charge in [-0.3, -0.25) is 4.79 Å². The van der Waals surface area contributed by atoms with E-state index >= 15 is 0 Å². The van der Waals surface area contributed by atoms with Crippen molar-refractivity contribution in [3.63, 3.8) is 0 Å². The largest absolute Gasteiger partial charge is 0.396 e. The fourth-order valence-electron chi connectivity index (χ4n) is 2.71. The molecule has 98 valence electrons. The van der Waals surface area contributed by atoms with E-state index in [1.54, 1.807) is 0 Å². The highest BCUT2D eigenvalue weighted by atomic mass is 16.3. The van der Waals surface area contributed by atoms with Crippen LogP contribution >= 0.6 is 0 Å². The number of aliphatic hydroxyl groups is 1. The number of hydrogen-bond donors (Lipinski definition) is 2. The van der Waals surface area contributed by atoms with E-state index in [-0.39, 0.29) is 17.9 Å². The predicted molar refractivity (Wildman–Crippen MR) is 71.5 cm³/mol. The Bertz CT molecular complexity index is 422. The summed E-state index contributed by atoms with van der Waals surface area (Å²) in [6.07, 6.45) is 4.33. The minimum absolute atomic E-state index is 0.0344. The second-order valence-electron chi connectivity index (χ2n) is 5.36. The molecule has 1 fully saturated rings. The molecule has 0 aromatic heterocycles. The molecule has 3 heteroatoms. The Morgan fingerprint density at radius 3 is 2.61 bits per heavy atom. The standard InChI is InChI=1S/C15H21NO2/c1-12-6-2-3-7-13(12)14(18)16-10-15(11-17)8-4-5-9-15/h2-3,6-7,17H,4-5,8-11H2,1H3,(H,16,18). The first kappa shape index (κ1) is 13.1. The van der Waals surface area contributed by atoms with E-state index in [9.17, 15) is 9.90 Å². The summed E-state index contributed by atoms with van der Waals surface area (Å²) < 4.78 is 0. The van der Waals surface area contributed by atoms with Crippen LogP contribution < -0.4 is 5.32 Å². The molecule has 1 aromatic carbocycles. The van der Waals surface area contributed by atoms with Crippen LogP contribution in [0, 0.1) is 12.3 Å². The lowest BCUT2D eigenvalue weighted by atomic mass is 9.87. The van der Waals surface area contributed by atoms with Gasteiger partial charge in [0.1, 0.15) is 0 Å². The highest BCUT2D eigenvalue weighted by molar-refractivity contribution is 5.95. The minimum atomic E-state index is -0.0850. The molecule has 0 radical (unpaired) electrons. The van der Waals surface area contributed by atoms with Gasteiger partial charge in [0, 0.05) is 17.5 Å². The van der Waals surface area contributed by atoms with Crippen LogP contribution in [0.3, 0.4) is 0 Å². The van der Waals surface area contributed by atoms with Crippen LogP contribution in [-0.2, 0) is 0 Å². The van der Waals surface area contributed by atoms with Gasteiger partial charge < -0.3 is 10.4 Å². The van der Waals surface area contributed by atoms with Gasteiger partial charge in [-0.2, -0.15) is 0 Å². The van der Waals surface area contributed by atoms with Crippen LogP contribution in [0.2, 0.25) is 0 Å². The van der Waals surface area contributed by atoms with Gasteiger partial charge in [0.25, 0.3) is 5.91 Å². The third-order valence-corrected chi connectivity index (χ3v) is 4.01. The molecule has 0 heterocycles. The SMILES string of the molecule is Cc1ccccc1C(=O)NCC1(CO)CCCC1. The van der Waals surface area contributed by atoms with Crippen molar-refractivity contribution < 1.29 is 9.90 Å². The Balaban J connectivity index is 1.98. The molecule has 0 spiro atoms. The van der Waals surface area contributed by atoms with Gasteiger partial charge >= 0.3 is 0 Å². The summed E-state index contributed by atoms with van der Waals surface area (Å²) in [6, 6.07) is 7.58. The first-order chi connectivity index (χ1) is 8.67. The lowest BCUT2D eigenvalue weighted by molar-refractivity contribution is 0.0880. The third kappa shape index (κ3) is 2.72. The monoisotopic (exact) mass is 247 g/mol. The number of nitrogens with one attached hydrogen (secondary N) is 1. The first-order valence-electron chi connectivity index (χ1n) is 6.62. The van der Waals surface area contributed by atoms with Gasteiger partial charge in [0.2, 0.25) is 0 Å². The summed E-state index contributed by atoms with van der Waals surface area (Å²) in [6.45, 7) is 2.68. The number of aliphatic hydroxyl groups excluding tert-OH is 1. The van der Waals surface area contributed by atoms with Crippen LogP contribution in [0.1, 0.15) is 41.6 Å². The molecule has 1 aliphatic rings. The van der Waals surface area contributed by atoms with Gasteiger partial charge in [0.05, 0.1) is 6.61 Å². The molecule has 0 atom stereocenters. The maximum absolute atomic E-state index is 12.1. The van der Waals surface area contributed by atoms with Crippen molar-refractivity contribution in [3.8, 4) is 0 Å². The molecule has 0 bridgehead atoms. The maximum atomic E-state index is 12.1. The van der Waals surface area contributed by atoms with Crippen molar-refractivity contribution in [2.45, 2.75) is 32.6 Å². The number of carbonyl (C=O) groups excluding carboxylic acids is 1. The molecule has 2 rings (SSSR count). The van der Waals surface area contributed by atoms with Gasteiger partial charge in [-0.25, -0.2) is 0 Å². The van der Waals surface area contributed by atoms with Gasteiger partial charge in [-0.1, -0.05) is 31.0 Å². The molecule has 2 N–H and O–H groups in total. The summed E-state index contributed by atoms with van der Waals surface area (Å²) in [4.78, 5) is 12.1. The van der Waals surface area contributed by atoms with Crippen molar-refractivity contribution in [2.24, 2.45) is 5.41 Å². The smallest absolute Gasteiger partial charge is 0.251 e. The van der Waals surface area contributed by atoms with Crippen molar-refractivity contribution >= 4 is 5.91 Å². The summed E-state index contributed by atoms with van der Waals surface area (Å²) in [5.41, 5.74) is 1.63. The van der Waals surface area contributed by atoms with Crippen LogP contribution in [0.15, 0.2) is 24.3 Å². The molecular formula is C15H21NO2. The fraction of sp³-hybridized carbons (Fsp3) is 0.533. The molecule has 0 saturated heterocycles. The molecule has 1 amide bonds. The number of carbonyl (C=O) groups is 1. The number of amides is 1. The zero-order valence-electron chi connectivity index (χ0n) is 10.9. The van der Waals surface area contributed by atoms with E-state index in [2.05, 4.69) is 5.32 Å². The topological polar surface area (TPSA) is 49.3 Å². The Hall–Kier alpha value is -1.35. The van der Waals surface area contributed by atoms with Crippen molar-refractivity contribution in [1.29, 1.82) is 0 Å². The number of aryl methyl sites for hydroxylation is 1. The van der Waals surface area contributed by atoms with Crippen LogP contribution in [0.25, 0.3) is 0 Å². The first-order valence-corrected chi connectivity index (χ1v) is 6.62. The van der Waals surface area contributed by atoms with E-state index < -0.39 is 0 Å². The van der Waals surface area contributed by atoms with Gasteiger partial charge in [0.15, 0.2) is 0 Å². The van der Waals surface area contributed by atoms with Gasteiger partial charge in [-0.05, 0) is 31.4 Å². The normalized spacial score (nSPS) is 17.7. The molecule has 18 heavy (non-hydrogen) atoms. The molecule has 0 aliphatic heterocycles. The highest BCUT2D eigenvalue weighted by Crippen LogP contribution is 2.36. The van der Waals surface area contributed by atoms with E-state index in [0.717, 1.165) is 36.8 Å². The fourth-order valence-corrected chi connectivity index (χ4v) is 2.71. The predicted octanol–water partition coefficient (Wildman–Crippen LogP) is 2.28. The second kappa shape index (κ2) is 5.53. The maximum Gasteiger partial charge on any atom is 0.251 e. The zero-order valence-corrected chi connectivity index (χ0v) is 10.9. The summed E-state index contributed by atoms with van der Waals surface area (Å²) >= 11 is 0. The Labute approximate surface area is 108 Å². The van der Waals surface area contributed by atoms with Crippen molar-refractivity contribution in [3.05, 3.63) is 35.4 Å². The number of hydrogen-bond acceptors (Lipinski definition) is 2. The number of benzene rings is 1. The molecule has 1 saturated carbocycles. The molecular weight excluding hydrogens is 226 g/mol. The van der Waals surface area contributed by atoms with Crippen LogP contribution in [0.5, 0.6) is 0 Å².